The van der Waals surface area contributed by atoms with E-state index in [2.05, 4.69) is 54.5 Å². The van der Waals surface area contributed by atoms with E-state index in [1.165, 1.54) is 16.5 Å². The molecule has 1 aliphatic heterocycles. The SMILES string of the molecule is Cc1ccc2[nH]cc(-c3cccc4cc(C(=O)N5CCC(O)(CN(C)C)C5)ccc34)c2c1. The van der Waals surface area contributed by atoms with Gasteiger partial charge >= 0.3 is 0 Å². The highest BCUT2D eigenvalue weighted by atomic mass is 16.3. The Bertz CT molecular complexity index is 1320. The number of carbonyl (C=O) groups is 1. The molecule has 1 unspecified atom stereocenters. The van der Waals surface area contributed by atoms with E-state index in [1.54, 1.807) is 4.90 Å². The van der Waals surface area contributed by atoms with Crippen LogP contribution in [0.5, 0.6) is 0 Å². The topological polar surface area (TPSA) is 59.6 Å². The van der Waals surface area contributed by atoms with Crippen molar-refractivity contribution in [3.05, 3.63) is 71.9 Å². The summed E-state index contributed by atoms with van der Waals surface area (Å²) in [5.74, 6) is -0.0188. The van der Waals surface area contributed by atoms with Crippen LogP contribution < -0.4 is 0 Å². The van der Waals surface area contributed by atoms with Gasteiger partial charge in [-0.1, -0.05) is 35.9 Å². The first-order chi connectivity index (χ1) is 15.3. The number of nitrogens with one attached hydrogen (secondary N) is 1. The van der Waals surface area contributed by atoms with Gasteiger partial charge in [-0.15, -0.1) is 0 Å². The number of hydrogen-bond donors (Lipinski definition) is 2. The van der Waals surface area contributed by atoms with Crippen molar-refractivity contribution in [2.24, 2.45) is 0 Å². The van der Waals surface area contributed by atoms with Crippen LogP contribution in [0.1, 0.15) is 22.3 Å². The van der Waals surface area contributed by atoms with Crippen molar-refractivity contribution in [2.45, 2.75) is 18.9 Å². The first-order valence-electron chi connectivity index (χ1n) is 11.1. The third-order valence-electron chi connectivity index (χ3n) is 6.48. The van der Waals surface area contributed by atoms with Crippen molar-refractivity contribution < 1.29 is 9.90 Å². The lowest BCUT2D eigenvalue weighted by atomic mass is 9.96. The zero-order valence-corrected chi connectivity index (χ0v) is 18.9. The number of carbonyl (C=O) groups excluding carboxylic acids is 1. The van der Waals surface area contributed by atoms with Crippen LogP contribution in [0.2, 0.25) is 0 Å². The first-order valence-corrected chi connectivity index (χ1v) is 11.1. The number of aromatic nitrogens is 1. The number of aliphatic hydroxyl groups is 1. The highest BCUT2D eigenvalue weighted by molar-refractivity contribution is 6.07. The number of amides is 1. The normalized spacial score (nSPS) is 18.8. The molecule has 0 saturated carbocycles. The molecular formula is C27H29N3O2. The van der Waals surface area contributed by atoms with Crippen LogP contribution in [-0.2, 0) is 0 Å². The fourth-order valence-electron chi connectivity index (χ4n) is 5.04. The van der Waals surface area contributed by atoms with Crippen LogP contribution in [0.15, 0.2) is 60.8 Å². The third-order valence-corrected chi connectivity index (χ3v) is 6.48. The zero-order valence-electron chi connectivity index (χ0n) is 18.9. The van der Waals surface area contributed by atoms with Gasteiger partial charge < -0.3 is 19.9 Å². The highest BCUT2D eigenvalue weighted by Gasteiger charge is 2.38. The molecule has 1 fully saturated rings. The summed E-state index contributed by atoms with van der Waals surface area (Å²) in [5, 5.41) is 14.2. The van der Waals surface area contributed by atoms with Gasteiger partial charge in [-0.25, -0.2) is 0 Å². The third kappa shape index (κ3) is 3.68. The Balaban J connectivity index is 1.48. The van der Waals surface area contributed by atoms with Crippen molar-refractivity contribution in [3.8, 4) is 11.1 Å². The number of H-pyrrole nitrogens is 1. The van der Waals surface area contributed by atoms with Crippen LogP contribution in [-0.4, -0.2) is 65.1 Å². The fourth-order valence-corrected chi connectivity index (χ4v) is 5.04. The van der Waals surface area contributed by atoms with Crippen molar-refractivity contribution in [2.75, 3.05) is 33.7 Å². The Hall–Kier alpha value is -3.15. The van der Waals surface area contributed by atoms with Gasteiger partial charge in [-0.05, 0) is 68.0 Å². The van der Waals surface area contributed by atoms with Crippen molar-refractivity contribution in [3.63, 3.8) is 0 Å². The maximum absolute atomic E-state index is 13.2. The number of likely N-dealkylation sites (N-methyl/N-ethyl adjacent to an activating group) is 1. The second-order valence-electron chi connectivity index (χ2n) is 9.43. The minimum atomic E-state index is -0.837. The number of hydrogen-bond acceptors (Lipinski definition) is 3. The molecule has 0 aliphatic carbocycles. The van der Waals surface area contributed by atoms with Gasteiger partial charge in [-0.2, -0.15) is 0 Å². The van der Waals surface area contributed by atoms with E-state index < -0.39 is 5.60 Å². The summed E-state index contributed by atoms with van der Waals surface area (Å²) >= 11 is 0. The number of aromatic amines is 1. The van der Waals surface area contributed by atoms with Gasteiger partial charge in [0.25, 0.3) is 5.91 Å². The molecule has 2 heterocycles. The molecule has 1 atom stereocenters. The van der Waals surface area contributed by atoms with Crippen molar-refractivity contribution in [1.82, 2.24) is 14.8 Å². The standard InChI is InChI=1S/C27H29N3O2/c1-18-7-10-25-23(13-18)24(15-28-25)22-6-4-5-19-14-20(8-9-21(19)22)26(31)30-12-11-27(32,17-30)16-29(2)3/h4-10,13-15,28,32H,11-12,16-17H2,1-3H3. The lowest BCUT2D eigenvalue weighted by Gasteiger charge is -2.26. The Labute approximate surface area is 188 Å². The minimum Gasteiger partial charge on any atom is -0.387 e. The molecule has 2 N–H and O–H groups in total. The van der Waals surface area contributed by atoms with Gasteiger partial charge in [0, 0.05) is 41.3 Å². The van der Waals surface area contributed by atoms with Gasteiger partial charge in [0.15, 0.2) is 0 Å². The Morgan fingerprint density at radius 2 is 1.94 bits per heavy atom. The Kier molecular flexibility index (Phi) is 5.03. The molecule has 5 heteroatoms. The van der Waals surface area contributed by atoms with Crippen LogP contribution >= 0.6 is 0 Å². The molecule has 3 aromatic carbocycles. The number of aryl methyl sites for hydroxylation is 1. The Morgan fingerprint density at radius 1 is 1.09 bits per heavy atom. The first kappa shape index (κ1) is 20.7. The zero-order chi connectivity index (χ0) is 22.5. The molecule has 0 spiro atoms. The molecule has 5 nitrogen and oxygen atoms in total. The molecule has 1 amide bonds. The molecule has 1 aromatic heterocycles. The summed E-state index contributed by atoms with van der Waals surface area (Å²) in [4.78, 5) is 20.3. The van der Waals surface area contributed by atoms with Gasteiger partial charge in [0.2, 0.25) is 0 Å². The van der Waals surface area contributed by atoms with E-state index in [0.717, 1.165) is 21.9 Å². The predicted molar refractivity (Wildman–Crippen MR) is 130 cm³/mol. The highest BCUT2D eigenvalue weighted by Crippen LogP contribution is 2.35. The largest absolute Gasteiger partial charge is 0.387 e. The Morgan fingerprint density at radius 3 is 2.75 bits per heavy atom. The van der Waals surface area contributed by atoms with E-state index in [9.17, 15) is 9.90 Å². The lowest BCUT2D eigenvalue weighted by Crippen LogP contribution is -2.43. The van der Waals surface area contributed by atoms with Gasteiger partial charge in [-0.3, -0.25) is 4.79 Å². The van der Waals surface area contributed by atoms with Gasteiger partial charge in [0.05, 0.1) is 12.1 Å². The molecule has 0 bridgehead atoms. The maximum Gasteiger partial charge on any atom is 0.253 e. The summed E-state index contributed by atoms with van der Waals surface area (Å²) in [6, 6.07) is 18.6. The quantitative estimate of drug-likeness (QED) is 0.506. The van der Waals surface area contributed by atoms with Crippen LogP contribution in [0.4, 0.5) is 0 Å². The van der Waals surface area contributed by atoms with E-state index >= 15 is 0 Å². The molecule has 1 aliphatic rings. The fraction of sp³-hybridized carbons (Fsp3) is 0.296. The maximum atomic E-state index is 13.2. The van der Waals surface area contributed by atoms with Crippen LogP contribution in [0, 0.1) is 6.92 Å². The summed E-state index contributed by atoms with van der Waals surface area (Å²) in [5.41, 5.74) is 4.50. The molecule has 164 valence electrons. The molecule has 32 heavy (non-hydrogen) atoms. The predicted octanol–water partition coefficient (Wildman–Crippen LogP) is 4.44. The number of likely N-dealkylation sites (tertiary alicyclic amines) is 1. The monoisotopic (exact) mass is 427 g/mol. The minimum absolute atomic E-state index is 0.0188. The van der Waals surface area contributed by atoms with E-state index in [-0.39, 0.29) is 5.91 Å². The van der Waals surface area contributed by atoms with E-state index in [4.69, 9.17) is 0 Å². The van der Waals surface area contributed by atoms with Crippen LogP contribution in [0.3, 0.4) is 0 Å². The molecule has 4 aromatic rings. The van der Waals surface area contributed by atoms with Crippen LogP contribution in [0.25, 0.3) is 32.8 Å². The number of benzene rings is 3. The molecule has 5 rings (SSSR count). The molecular weight excluding hydrogens is 398 g/mol. The molecule has 1 saturated heterocycles. The second-order valence-corrected chi connectivity index (χ2v) is 9.43. The average Bonchev–Trinajstić information content (AvgIpc) is 3.35. The van der Waals surface area contributed by atoms with Crippen molar-refractivity contribution in [1.29, 1.82) is 0 Å². The van der Waals surface area contributed by atoms with E-state index in [1.807, 2.05) is 37.2 Å². The number of β-amino-alcohol motifs (C(OH)–C–C–N with tert-alkyl or cyclic N) is 1. The second kappa shape index (κ2) is 7.76. The average molecular weight is 428 g/mol. The number of fused-ring (bicyclic) bond motifs is 2. The van der Waals surface area contributed by atoms with E-state index in [0.29, 0.717) is 31.6 Å². The summed E-state index contributed by atoms with van der Waals surface area (Å²) < 4.78 is 0. The summed E-state index contributed by atoms with van der Waals surface area (Å²) in [6.45, 7) is 3.61. The lowest BCUT2D eigenvalue weighted by molar-refractivity contribution is 0.0236. The number of rotatable bonds is 4. The smallest absolute Gasteiger partial charge is 0.253 e. The van der Waals surface area contributed by atoms with Crippen molar-refractivity contribution >= 4 is 27.6 Å². The number of nitrogens with zero attached hydrogens (tertiary/aromatic N) is 2. The molecule has 0 radical (unpaired) electrons. The van der Waals surface area contributed by atoms with Gasteiger partial charge in [0.1, 0.15) is 0 Å². The summed E-state index contributed by atoms with van der Waals surface area (Å²) in [7, 11) is 3.89. The summed E-state index contributed by atoms with van der Waals surface area (Å²) in [6.07, 6.45) is 2.67.